The van der Waals surface area contributed by atoms with Gasteiger partial charge >= 0.3 is 7.01 Å². The smallest absolute Gasteiger partial charge is 0.392 e. The first-order chi connectivity index (χ1) is 9.54. The topological polar surface area (TPSA) is 40.5 Å². The highest BCUT2D eigenvalue weighted by Gasteiger charge is 2.29. The van der Waals surface area contributed by atoms with Crippen LogP contribution < -0.4 is 0 Å². The van der Waals surface area contributed by atoms with E-state index in [1.54, 1.807) is 7.17 Å². The molecule has 0 aliphatic rings. The van der Waals surface area contributed by atoms with Crippen LogP contribution in [0.1, 0.15) is 97.8 Å². The third-order valence-electron chi connectivity index (χ3n) is 4.25. The van der Waals surface area contributed by atoms with Crippen LogP contribution in [-0.4, -0.2) is 24.2 Å². The molecule has 0 saturated carbocycles. The van der Waals surface area contributed by atoms with E-state index in [9.17, 15) is 10.0 Å². The summed E-state index contributed by atoms with van der Waals surface area (Å²) in [5.74, 6) is 0. The van der Waals surface area contributed by atoms with Gasteiger partial charge in [-0.25, -0.2) is 0 Å². The first-order valence-electron chi connectivity index (χ1n) is 8.76. The van der Waals surface area contributed by atoms with E-state index in [2.05, 4.69) is 20.8 Å². The van der Waals surface area contributed by atoms with Gasteiger partial charge in [0.05, 0.1) is 0 Å². The molecule has 0 unspecified atom stereocenters. The van der Waals surface area contributed by atoms with Gasteiger partial charge in [0.25, 0.3) is 0 Å². The zero-order valence-electron chi connectivity index (χ0n) is 14.0. The van der Waals surface area contributed by atoms with Crippen LogP contribution >= 0.6 is 0 Å². The maximum Gasteiger partial charge on any atom is 0.392 e. The van der Waals surface area contributed by atoms with Crippen molar-refractivity contribution in [3.8, 4) is 0 Å². The van der Waals surface area contributed by atoms with E-state index in [1.807, 2.05) is 0 Å². The fourth-order valence-corrected chi connectivity index (χ4v) is 2.92. The van der Waals surface area contributed by atoms with Crippen molar-refractivity contribution < 1.29 is 10.0 Å². The molecule has 0 bridgehead atoms. The molecule has 2 nitrogen and oxygen atoms in total. The fraction of sp³-hybridized carbons (Fsp3) is 1.00. The summed E-state index contributed by atoms with van der Waals surface area (Å²) in [5.41, 5.74) is 0. The molecule has 2 N–H and O–H groups in total. The summed E-state index contributed by atoms with van der Waals surface area (Å²) in [4.78, 5) is 0. The van der Waals surface area contributed by atoms with Gasteiger partial charge in [-0.15, -0.1) is 0 Å². The molecule has 117 valence electrons. The van der Waals surface area contributed by atoms with Crippen LogP contribution in [0.5, 0.6) is 0 Å². The second-order valence-corrected chi connectivity index (χ2v) is 6.56. The molecule has 0 heterocycles. The van der Waals surface area contributed by atoms with Crippen molar-refractivity contribution >= 4 is 14.2 Å². The molecule has 0 atom stereocenters. The highest BCUT2D eigenvalue weighted by atomic mass is 16.4. The van der Waals surface area contributed by atoms with Gasteiger partial charge in [-0.3, -0.25) is 0 Å². The molecule has 20 heavy (non-hydrogen) atoms. The standard InChI is InChI=1S/C16H35B2O2/c1-4-6-8-10-12-14-16(3,17-18(19)20)15-13-11-9-7-5-2/h19-20H,4-15H2,1-3H3. The second-order valence-electron chi connectivity index (χ2n) is 6.56. The summed E-state index contributed by atoms with van der Waals surface area (Å²) >= 11 is 0. The van der Waals surface area contributed by atoms with E-state index < -0.39 is 7.01 Å². The van der Waals surface area contributed by atoms with E-state index in [0.717, 1.165) is 12.8 Å². The Morgan fingerprint density at radius 3 is 1.50 bits per heavy atom. The average Bonchev–Trinajstić information content (AvgIpc) is 2.37. The Hall–Kier alpha value is 0.0499. The molecule has 0 saturated heterocycles. The highest BCUT2D eigenvalue weighted by molar-refractivity contribution is 7.05. The first kappa shape index (κ1) is 20.0. The molecule has 0 fully saturated rings. The van der Waals surface area contributed by atoms with Crippen molar-refractivity contribution in [1.29, 1.82) is 0 Å². The highest BCUT2D eigenvalue weighted by Crippen LogP contribution is 2.37. The Kier molecular flexibility index (Phi) is 12.8. The molecular weight excluding hydrogens is 246 g/mol. The molecule has 0 amide bonds. The lowest BCUT2D eigenvalue weighted by Crippen LogP contribution is -2.32. The largest absolute Gasteiger partial charge is 0.434 e. The predicted molar refractivity (Wildman–Crippen MR) is 91.1 cm³/mol. The van der Waals surface area contributed by atoms with Crippen molar-refractivity contribution in [3.63, 3.8) is 0 Å². The minimum absolute atomic E-state index is 0.00735. The van der Waals surface area contributed by atoms with Crippen LogP contribution in [0.2, 0.25) is 5.31 Å². The molecule has 0 aromatic rings. The monoisotopic (exact) mass is 281 g/mol. The fourth-order valence-electron chi connectivity index (χ4n) is 2.92. The number of hydrogen-bond donors (Lipinski definition) is 2. The van der Waals surface area contributed by atoms with Gasteiger partial charge in [0.1, 0.15) is 0 Å². The molecule has 0 aliphatic carbocycles. The Bertz CT molecular complexity index is 197. The minimum Gasteiger partial charge on any atom is -0.434 e. The lowest BCUT2D eigenvalue weighted by molar-refractivity contribution is 0.416. The molecule has 0 aromatic heterocycles. The van der Waals surface area contributed by atoms with Crippen molar-refractivity contribution in [1.82, 2.24) is 0 Å². The van der Waals surface area contributed by atoms with E-state index >= 15 is 0 Å². The van der Waals surface area contributed by atoms with Crippen LogP contribution in [0.4, 0.5) is 0 Å². The first-order valence-corrected chi connectivity index (χ1v) is 8.76. The van der Waals surface area contributed by atoms with E-state index in [1.165, 1.54) is 64.2 Å². The van der Waals surface area contributed by atoms with Crippen LogP contribution in [0.25, 0.3) is 0 Å². The molecule has 0 rings (SSSR count). The molecule has 0 aromatic carbocycles. The summed E-state index contributed by atoms with van der Waals surface area (Å²) in [6.07, 6.45) is 14.9. The summed E-state index contributed by atoms with van der Waals surface area (Å²) in [6.45, 7) is 6.65. The van der Waals surface area contributed by atoms with Crippen molar-refractivity contribution in [3.05, 3.63) is 0 Å². The zero-order valence-corrected chi connectivity index (χ0v) is 14.0. The Morgan fingerprint density at radius 1 is 0.750 bits per heavy atom. The van der Waals surface area contributed by atoms with E-state index in [4.69, 9.17) is 0 Å². The Morgan fingerprint density at radius 2 is 1.15 bits per heavy atom. The predicted octanol–water partition coefficient (Wildman–Crippen LogP) is 4.56. The maximum atomic E-state index is 9.27. The van der Waals surface area contributed by atoms with Crippen molar-refractivity contribution in [2.45, 2.75) is 103 Å². The minimum atomic E-state index is -1.27. The Labute approximate surface area is 128 Å². The van der Waals surface area contributed by atoms with Crippen molar-refractivity contribution in [2.75, 3.05) is 0 Å². The third kappa shape index (κ3) is 11.8. The van der Waals surface area contributed by atoms with Crippen molar-refractivity contribution in [2.24, 2.45) is 0 Å². The van der Waals surface area contributed by atoms with Gasteiger partial charge < -0.3 is 10.0 Å². The van der Waals surface area contributed by atoms with Gasteiger partial charge in [-0.1, -0.05) is 103 Å². The molecule has 1 radical (unpaired) electrons. The lowest BCUT2D eigenvalue weighted by atomic mass is 9.30. The average molecular weight is 281 g/mol. The number of hydrogen-bond acceptors (Lipinski definition) is 2. The number of unbranched alkanes of at least 4 members (excludes halogenated alkanes) is 8. The van der Waals surface area contributed by atoms with Gasteiger partial charge in [0.15, 0.2) is 7.17 Å². The summed E-state index contributed by atoms with van der Waals surface area (Å²) in [6, 6.07) is 0. The normalized spacial score (nSPS) is 11.7. The Balaban J connectivity index is 3.94. The van der Waals surface area contributed by atoms with Gasteiger partial charge in [-0.05, 0) is 0 Å². The summed E-state index contributed by atoms with van der Waals surface area (Å²) < 4.78 is 0. The second kappa shape index (κ2) is 12.8. The lowest BCUT2D eigenvalue weighted by Gasteiger charge is -2.29. The molecule has 4 heteroatoms. The molecule has 0 spiro atoms. The zero-order chi connectivity index (χ0) is 15.3. The summed E-state index contributed by atoms with van der Waals surface area (Å²) in [7, 11) is 0.471. The van der Waals surface area contributed by atoms with Crippen LogP contribution in [0, 0.1) is 0 Å². The van der Waals surface area contributed by atoms with Crippen LogP contribution in [-0.2, 0) is 0 Å². The summed E-state index contributed by atoms with van der Waals surface area (Å²) in [5, 5.41) is 18.5. The van der Waals surface area contributed by atoms with E-state index in [0.29, 0.717) is 0 Å². The molecule has 0 aliphatic heterocycles. The van der Waals surface area contributed by atoms with Crippen LogP contribution in [0.15, 0.2) is 0 Å². The quantitative estimate of drug-likeness (QED) is 0.362. The van der Waals surface area contributed by atoms with Gasteiger partial charge in [-0.2, -0.15) is 0 Å². The van der Waals surface area contributed by atoms with Crippen LogP contribution in [0.3, 0.4) is 0 Å². The van der Waals surface area contributed by atoms with Gasteiger partial charge in [0.2, 0.25) is 0 Å². The maximum absolute atomic E-state index is 9.27. The number of rotatable bonds is 14. The van der Waals surface area contributed by atoms with Gasteiger partial charge in [0, 0.05) is 0 Å². The SMILES string of the molecule is CCCCCCCC(C)([B]B(O)O)CCCCCCC. The van der Waals surface area contributed by atoms with E-state index in [-0.39, 0.29) is 5.31 Å². The third-order valence-corrected chi connectivity index (χ3v) is 4.25. The molecular formula is C16H35B2O2.